The number of piperazine rings is 1. The lowest BCUT2D eigenvalue weighted by atomic mass is 10.0. The van der Waals surface area contributed by atoms with Gasteiger partial charge in [-0.15, -0.1) is 24.8 Å². The summed E-state index contributed by atoms with van der Waals surface area (Å²) in [5.41, 5.74) is 6.78. The van der Waals surface area contributed by atoms with Gasteiger partial charge in [0, 0.05) is 31.9 Å². The van der Waals surface area contributed by atoms with Crippen LogP contribution in [-0.4, -0.2) is 60.4 Å². The Hall–Kier alpha value is -1.34. The Morgan fingerprint density at radius 3 is 2.19 bits per heavy atom. The molecule has 1 aromatic carbocycles. The summed E-state index contributed by atoms with van der Waals surface area (Å²) in [6.07, 6.45) is 0.707. The molecule has 148 valence electrons. The van der Waals surface area contributed by atoms with Gasteiger partial charge >= 0.3 is 0 Å². The summed E-state index contributed by atoms with van der Waals surface area (Å²) in [6.45, 7) is 7.12. The summed E-state index contributed by atoms with van der Waals surface area (Å²) in [4.78, 5) is 28.3. The maximum Gasteiger partial charge on any atom is 0.239 e. The van der Waals surface area contributed by atoms with Crippen molar-refractivity contribution in [3.05, 3.63) is 30.3 Å². The SMILES string of the molecule is CC(C)C[C@H](N)C(=O)N1CCN(CC(=O)Nc2ccccc2)CC1.Cl.Cl. The lowest BCUT2D eigenvalue weighted by molar-refractivity contribution is -0.134. The van der Waals surface area contributed by atoms with Crippen LogP contribution in [0.25, 0.3) is 0 Å². The van der Waals surface area contributed by atoms with Crippen LogP contribution < -0.4 is 11.1 Å². The third-order valence-electron chi connectivity index (χ3n) is 4.15. The van der Waals surface area contributed by atoms with Crippen molar-refractivity contribution in [3.8, 4) is 0 Å². The zero-order valence-electron chi connectivity index (χ0n) is 15.4. The molecule has 0 bridgehead atoms. The minimum Gasteiger partial charge on any atom is -0.339 e. The summed E-state index contributed by atoms with van der Waals surface area (Å²) in [5.74, 6) is 0.404. The zero-order chi connectivity index (χ0) is 17.5. The van der Waals surface area contributed by atoms with Crippen LogP contribution in [0.3, 0.4) is 0 Å². The van der Waals surface area contributed by atoms with E-state index in [0.29, 0.717) is 45.1 Å². The fourth-order valence-corrected chi connectivity index (χ4v) is 2.89. The average Bonchev–Trinajstić information content (AvgIpc) is 2.55. The lowest BCUT2D eigenvalue weighted by Gasteiger charge is -2.35. The molecule has 1 atom stereocenters. The topological polar surface area (TPSA) is 78.7 Å². The number of anilines is 1. The summed E-state index contributed by atoms with van der Waals surface area (Å²) < 4.78 is 0. The van der Waals surface area contributed by atoms with E-state index in [1.165, 1.54) is 0 Å². The van der Waals surface area contributed by atoms with Crippen molar-refractivity contribution in [2.45, 2.75) is 26.3 Å². The van der Waals surface area contributed by atoms with E-state index in [1.54, 1.807) is 0 Å². The number of amides is 2. The third-order valence-corrected chi connectivity index (χ3v) is 4.15. The lowest BCUT2D eigenvalue weighted by Crippen LogP contribution is -2.54. The standard InChI is InChI=1S/C18H28N4O2.2ClH/c1-14(2)12-16(19)18(24)22-10-8-21(9-11-22)13-17(23)20-15-6-4-3-5-7-15;;/h3-7,14,16H,8-13,19H2,1-2H3,(H,20,23);2*1H/t16-;;/m0../s1. The number of nitrogens with zero attached hydrogens (tertiary/aromatic N) is 2. The van der Waals surface area contributed by atoms with E-state index in [-0.39, 0.29) is 36.6 Å². The predicted molar refractivity (Wildman–Crippen MR) is 110 cm³/mol. The van der Waals surface area contributed by atoms with Gasteiger partial charge in [0.25, 0.3) is 0 Å². The smallest absolute Gasteiger partial charge is 0.239 e. The van der Waals surface area contributed by atoms with Crippen molar-refractivity contribution in [2.75, 3.05) is 38.0 Å². The van der Waals surface area contributed by atoms with Crippen LogP contribution in [0.15, 0.2) is 30.3 Å². The number of para-hydroxylation sites is 1. The molecule has 0 aliphatic carbocycles. The molecule has 26 heavy (non-hydrogen) atoms. The van der Waals surface area contributed by atoms with E-state index in [2.05, 4.69) is 24.1 Å². The van der Waals surface area contributed by atoms with Crippen molar-refractivity contribution in [1.82, 2.24) is 9.80 Å². The predicted octanol–water partition coefficient (Wildman–Crippen LogP) is 1.99. The van der Waals surface area contributed by atoms with Crippen molar-refractivity contribution >= 4 is 42.3 Å². The molecular weight excluding hydrogens is 375 g/mol. The molecule has 3 N–H and O–H groups in total. The highest BCUT2D eigenvalue weighted by Gasteiger charge is 2.26. The number of carbonyl (C=O) groups excluding carboxylic acids is 2. The van der Waals surface area contributed by atoms with E-state index in [4.69, 9.17) is 5.73 Å². The molecule has 1 aromatic rings. The van der Waals surface area contributed by atoms with Crippen molar-refractivity contribution in [1.29, 1.82) is 0 Å². The van der Waals surface area contributed by atoms with E-state index in [9.17, 15) is 9.59 Å². The largest absolute Gasteiger partial charge is 0.339 e. The molecule has 1 saturated heterocycles. The molecule has 1 aliphatic heterocycles. The molecule has 0 unspecified atom stereocenters. The van der Waals surface area contributed by atoms with Gasteiger partial charge in [-0.05, 0) is 24.5 Å². The molecule has 0 saturated carbocycles. The first-order valence-electron chi connectivity index (χ1n) is 8.57. The van der Waals surface area contributed by atoms with Crippen LogP contribution in [-0.2, 0) is 9.59 Å². The third kappa shape index (κ3) is 7.91. The van der Waals surface area contributed by atoms with Crippen LogP contribution in [0, 0.1) is 5.92 Å². The molecule has 8 heteroatoms. The number of hydrogen-bond acceptors (Lipinski definition) is 4. The quantitative estimate of drug-likeness (QED) is 0.759. The highest BCUT2D eigenvalue weighted by atomic mass is 35.5. The Bertz CT molecular complexity index is 549. The summed E-state index contributed by atoms with van der Waals surface area (Å²) in [5, 5.41) is 2.88. The van der Waals surface area contributed by atoms with Crippen molar-refractivity contribution in [2.24, 2.45) is 11.7 Å². The second-order valence-electron chi connectivity index (χ2n) is 6.75. The number of nitrogens with two attached hydrogens (primary N) is 1. The molecule has 2 rings (SSSR count). The highest BCUT2D eigenvalue weighted by Crippen LogP contribution is 2.09. The van der Waals surface area contributed by atoms with Gasteiger partial charge in [-0.2, -0.15) is 0 Å². The molecule has 1 fully saturated rings. The van der Waals surface area contributed by atoms with E-state index >= 15 is 0 Å². The summed E-state index contributed by atoms with van der Waals surface area (Å²) in [7, 11) is 0. The molecule has 1 aliphatic rings. The Morgan fingerprint density at radius 2 is 1.65 bits per heavy atom. The monoisotopic (exact) mass is 404 g/mol. The molecular formula is C18H30Cl2N4O2. The van der Waals surface area contributed by atoms with Crippen LogP contribution in [0.5, 0.6) is 0 Å². The van der Waals surface area contributed by atoms with Crippen LogP contribution in [0.1, 0.15) is 20.3 Å². The number of benzene rings is 1. The normalized spacial score (nSPS) is 15.6. The van der Waals surface area contributed by atoms with Crippen molar-refractivity contribution < 1.29 is 9.59 Å². The van der Waals surface area contributed by atoms with Crippen LogP contribution in [0.4, 0.5) is 5.69 Å². The van der Waals surface area contributed by atoms with E-state index in [1.807, 2.05) is 35.2 Å². The summed E-state index contributed by atoms with van der Waals surface area (Å²) >= 11 is 0. The first-order valence-corrected chi connectivity index (χ1v) is 8.57. The first-order chi connectivity index (χ1) is 11.5. The second-order valence-corrected chi connectivity index (χ2v) is 6.75. The number of carbonyl (C=O) groups is 2. The Kier molecular flexibility index (Phi) is 11.5. The summed E-state index contributed by atoms with van der Waals surface area (Å²) in [6, 6.07) is 9.00. The highest BCUT2D eigenvalue weighted by molar-refractivity contribution is 5.92. The van der Waals surface area contributed by atoms with Gasteiger partial charge in [0.1, 0.15) is 0 Å². The molecule has 6 nitrogen and oxygen atoms in total. The Morgan fingerprint density at radius 1 is 1.08 bits per heavy atom. The van der Waals surface area contributed by atoms with Gasteiger partial charge in [-0.25, -0.2) is 0 Å². The van der Waals surface area contributed by atoms with Crippen LogP contribution in [0.2, 0.25) is 0 Å². The minimum absolute atomic E-state index is 0. The second kappa shape index (κ2) is 12.1. The fraction of sp³-hybridized carbons (Fsp3) is 0.556. The van der Waals surface area contributed by atoms with Gasteiger partial charge in [-0.1, -0.05) is 32.0 Å². The molecule has 0 aromatic heterocycles. The fourth-order valence-electron chi connectivity index (χ4n) is 2.89. The molecule has 0 spiro atoms. The van der Waals surface area contributed by atoms with Gasteiger partial charge in [0.2, 0.25) is 11.8 Å². The van der Waals surface area contributed by atoms with E-state index in [0.717, 1.165) is 5.69 Å². The minimum atomic E-state index is -0.419. The number of halogens is 2. The van der Waals surface area contributed by atoms with Gasteiger partial charge in [0.15, 0.2) is 0 Å². The molecule has 2 amide bonds. The van der Waals surface area contributed by atoms with Gasteiger partial charge in [-0.3, -0.25) is 14.5 Å². The Labute approximate surface area is 168 Å². The first kappa shape index (κ1) is 24.7. The molecule has 1 heterocycles. The number of nitrogens with one attached hydrogen (secondary N) is 1. The van der Waals surface area contributed by atoms with Crippen molar-refractivity contribution in [3.63, 3.8) is 0 Å². The Balaban J connectivity index is 0.00000312. The molecule has 0 radical (unpaired) electrons. The van der Waals surface area contributed by atoms with Gasteiger partial charge < -0.3 is 16.0 Å². The maximum atomic E-state index is 12.3. The average molecular weight is 405 g/mol. The maximum absolute atomic E-state index is 12.3. The van der Waals surface area contributed by atoms with Gasteiger partial charge in [0.05, 0.1) is 12.6 Å². The number of rotatable bonds is 6. The van der Waals surface area contributed by atoms with Crippen LogP contribution >= 0.6 is 24.8 Å². The number of hydrogen-bond donors (Lipinski definition) is 2. The zero-order valence-corrected chi connectivity index (χ0v) is 17.0. The van der Waals surface area contributed by atoms with E-state index < -0.39 is 6.04 Å².